The Morgan fingerprint density at radius 3 is 2.62 bits per heavy atom. The van der Waals surface area contributed by atoms with Crippen molar-refractivity contribution < 1.29 is 9.13 Å². The van der Waals surface area contributed by atoms with E-state index in [1.165, 1.54) is 6.07 Å². The molecule has 0 saturated carbocycles. The van der Waals surface area contributed by atoms with E-state index in [-0.39, 0.29) is 11.9 Å². The summed E-state index contributed by atoms with van der Waals surface area (Å²) in [6, 6.07) is 13.5. The van der Waals surface area contributed by atoms with Crippen LogP contribution in [0.15, 0.2) is 42.5 Å². The molecule has 1 N–H and O–H groups in total. The third-order valence-corrected chi connectivity index (χ3v) is 3.70. The minimum Gasteiger partial charge on any atom is -0.496 e. The first kappa shape index (κ1) is 15.5. The molecule has 0 aromatic heterocycles. The number of hydrogen-bond donors (Lipinski definition) is 1. The van der Waals surface area contributed by atoms with Crippen LogP contribution in [-0.2, 0) is 6.54 Å². The van der Waals surface area contributed by atoms with E-state index in [0.717, 1.165) is 23.3 Å². The molecule has 0 radical (unpaired) electrons. The van der Waals surface area contributed by atoms with Crippen LogP contribution in [0.4, 0.5) is 4.39 Å². The normalized spacial score (nSPS) is 12.2. The topological polar surface area (TPSA) is 21.3 Å². The average Bonchev–Trinajstić information content (AvgIpc) is 2.51. The van der Waals surface area contributed by atoms with Crippen LogP contribution in [0.3, 0.4) is 0 Å². The first-order chi connectivity index (χ1) is 10.2. The highest BCUT2D eigenvalue weighted by Crippen LogP contribution is 2.27. The van der Waals surface area contributed by atoms with Gasteiger partial charge in [-0.1, -0.05) is 37.3 Å². The summed E-state index contributed by atoms with van der Waals surface area (Å²) in [7, 11) is 1.69. The Kier molecular flexibility index (Phi) is 5.34. The van der Waals surface area contributed by atoms with Gasteiger partial charge in [-0.2, -0.15) is 0 Å². The molecule has 0 heterocycles. The fraction of sp³-hybridized carbons (Fsp3) is 0.333. The number of benzene rings is 2. The zero-order valence-electron chi connectivity index (χ0n) is 12.8. The number of para-hydroxylation sites is 1. The zero-order valence-corrected chi connectivity index (χ0v) is 12.8. The quantitative estimate of drug-likeness (QED) is 0.851. The Balaban J connectivity index is 2.10. The lowest BCUT2D eigenvalue weighted by molar-refractivity contribution is 0.396. The maximum absolute atomic E-state index is 13.3. The Hall–Kier alpha value is -1.87. The van der Waals surface area contributed by atoms with Crippen LogP contribution in [0, 0.1) is 12.7 Å². The van der Waals surface area contributed by atoms with Crippen molar-refractivity contribution in [3.63, 3.8) is 0 Å². The molecule has 21 heavy (non-hydrogen) atoms. The van der Waals surface area contributed by atoms with E-state index >= 15 is 0 Å². The summed E-state index contributed by atoms with van der Waals surface area (Å²) in [4.78, 5) is 0. The molecular weight excluding hydrogens is 265 g/mol. The second-order valence-electron chi connectivity index (χ2n) is 5.17. The maximum Gasteiger partial charge on any atom is 0.126 e. The molecule has 3 heteroatoms. The largest absolute Gasteiger partial charge is 0.496 e. The summed E-state index contributed by atoms with van der Waals surface area (Å²) in [6.07, 6.45) is 0.959. The SMILES string of the molecule is CCC(NCc1ccc(F)c(C)c1)c1ccccc1OC. The van der Waals surface area contributed by atoms with E-state index in [0.29, 0.717) is 12.1 Å². The first-order valence-corrected chi connectivity index (χ1v) is 7.27. The van der Waals surface area contributed by atoms with Crippen molar-refractivity contribution >= 4 is 0 Å². The van der Waals surface area contributed by atoms with Gasteiger partial charge in [0, 0.05) is 18.2 Å². The second-order valence-corrected chi connectivity index (χ2v) is 5.17. The van der Waals surface area contributed by atoms with E-state index in [1.807, 2.05) is 30.3 Å². The number of nitrogens with one attached hydrogen (secondary N) is 1. The van der Waals surface area contributed by atoms with Gasteiger partial charge in [-0.15, -0.1) is 0 Å². The van der Waals surface area contributed by atoms with Crippen LogP contribution in [0.2, 0.25) is 0 Å². The van der Waals surface area contributed by atoms with Crippen molar-refractivity contribution in [3.8, 4) is 5.75 Å². The van der Waals surface area contributed by atoms with Crippen molar-refractivity contribution in [2.75, 3.05) is 7.11 Å². The van der Waals surface area contributed by atoms with Gasteiger partial charge in [-0.25, -0.2) is 4.39 Å². The molecule has 0 amide bonds. The van der Waals surface area contributed by atoms with Gasteiger partial charge in [0.1, 0.15) is 11.6 Å². The lowest BCUT2D eigenvalue weighted by Crippen LogP contribution is -2.21. The van der Waals surface area contributed by atoms with Gasteiger partial charge in [0.05, 0.1) is 7.11 Å². The van der Waals surface area contributed by atoms with Crippen molar-refractivity contribution in [3.05, 3.63) is 65.0 Å². The van der Waals surface area contributed by atoms with Gasteiger partial charge in [-0.3, -0.25) is 0 Å². The van der Waals surface area contributed by atoms with Crippen LogP contribution in [0.25, 0.3) is 0 Å². The molecule has 0 aliphatic carbocycles. The molecule has 2 nitrogen and oxygen atoms in total. The lowest BCUT2D eigenvalue weighted by atomic mass is 10.0. The third-order valence-electron chi connectivity index (χ3n) is 3.70. The highest BCUT2D eigenvalue weighted by molar-refractivity contribution is 5.36. The lowest BCUT2D eigenvalue weighted by Gasteiger charge is -2.20. The number of methoxy groups -OCH3 is 1. The van der Waals surface area contributed by atoms with E-state index in [1.54, 1.807) is 14.0 Å². The summed E-state index contributed by atoms with van der Waals surface area (Å²) in [6.45, 7) is 4.63. The fourth-order valence-electron chi connectivity index (χ4n) is 2.49. The molecule has 112 valence electrons. The minimum absolute atomic E-state index is 0.157. The smallest absolute Gasteiger partial charge is 0.126 e. The molecule has 0 saturated heterocycles. The van der Waals surface area contributed by atoms with E-state index < -0.39 is 0 Å². The summed E-state index contributed by atoms with van der Waals surface area (Å²) >= 11 is 0. The predicted molar refractivity (Wildman–Crippen MR) is 84.0 cm³/mol. The highest BCUT2D eigenvalue weighted by atomic mass is 19.1. The van der Waals surface area contributed by atoms with Crippen molar-refractivity contribution in [1.82, 2.24) is 5.32 Å². The molecule has 2 aromatic rings. The van der Waals surface area contributed by atoms with Gasteiger partial charge >= 0.3 is 0 Å². The predicted octanol–water partition coefficient (Wildman–Crippen LogP) is 4.38. The van der Waals surface area contributed by atoms with Gasteiger partial charge in [0.15, 0.2) is 0 Å². The molecule has 1 unspecified atom stereocenters. The van der Waals surface area contributed by atoms with Crippen LogP contribution in [-0.4, -0.2) is 7.11 Å². The fourth-order valence-corrected chi connectivity index (χ4v) is 2.49. The summed E-state index contributed by atoms with van der Waals surface area (Å²) in [5.41, 5.74) is 2.92. The van der Waals surface area contributed by atoms with Gasteiger partial charge in [-0.05, 0) is 36.6 Å². The Labute approximate surface area is 126 Å². The Morgan fingerprint density at radius 2 is 1.95 bits per heavy atom. The van der Waals surface area contributed by atoms with E-state index in [9.17, 15) is 4.39 Å². The van der Waals surface area contributed by atoms with Gasteiger partial charge in [0.2, 0.25) is 0 Å². The van der Waals surface area contributed by atoms with Crippen LogP contribution in [0.5, 0.6) is 5.75 Å². The summed E-state index contributed by atoms with van der Waals surface area (Å²) < 4.78 is 18.7. The number of rotatable bonds is 6. The molecule has 1 atom stereocenters. The van der Waals surface area contributed by atoms with Crippen molar-refractivity contribution in [2.45, 2.75) is 32.9 Å². The standard InChI is InChI=1S/C18H22FNO/c1-4-17(15-7-5-6-8-18(15)21-3)20-12-14-9-10-16(19)13(2)11-14/h5-11,17,20H,4,12H2,1-3H3. The maximum atomic E-state index is 13.3. The number of hydrogen-bond acceptors (Lipinski definition) is 2. The third kappa shape index (κ3) is 3.82. The number of ether oxygens (including phenoxy) is 1. The average molecular weight is 287 g/mol. The van der Waals surface area contributed by atoms with Gasteiger partial charge < -0.3 is 10.1 Å². The monoisotopic (exact) mass is 287 g/mol. The highest BCUT2D eigenvalue weighted by Gasteiger charge is 2.13. The minimum atomic E-state index is -0.157. The van der Waals surface area contributed by atoms with Crippen LogP contribution in [0.1, 0.15) is 36.1 Å². The summed E-state index contributed by atoms with van der Waals surface area (Å²) in [5.74, 6) is 0.739. The Morgan fingerprint density at radius 1 is 1.19 bits per heavy atom. The molecular formula is C18H22FNO. The van der Waals surface area contributed by atoms with E-state index in [2.05, 4.69) is 18.3 Å². The molecule has 0 spiro atoms. The zero-order chi connectivity index (χ0) is 15.2. The molecule has 0 fully saturated rings. The first-order valence-electron chi connectivity index (χ1n) is 7.27. The van der Waals surface area contributed by atoms with Gasteiger partial charge in [0.25, 0.3) is 0 Å². The molecule has 2 rings (SSSR count). The van der Waals surface area contributed by atoms with E-state index in [4.69, 9.17) is 4.74 Å². The Bertz CT molecular complexity index is 598. The number of aryl methyl sites for hydroxylation is 1. The van der Waals surface area contributed by atoms with Crippen molar-refractivity contribution in [2.24, 2.45) is 0 Å². The molecule has 0 aliphatic rings. The van der Waals surface area contributed by atoms with Crippen LogP contribution >= 0.6 is 0 Å². The van der Waals surface area contributed by atoms with Crippen LogP contribution < -0.4 is 10.1 Å². The number of halogens is 1. The molecule has 0 aliphatic heterocycles. The molecule has 0 bridgehead atoms. The second kappa shape index (κ2) is 7.23. The summed E-state index contributed by atoms with van der Waals surface area (Å²) in [5, 5.41) is 3.52. The van der Waals surface area contributed by atoms with Crippen molar-refractivity contribution in [1.29, 1.82) is 0 Å². The molecule has 2 aromatic carbocycles.